The summed E-state index contributed by atoms with van der Waals surface area (Å²) in [6.45, 7) is 8.94. The fourth-order valence-electron chi connectivity index (χ4n) is 3.37. The summed E-state index contributed by atoms with van der Waals surface area (Å²) in [4.78, 5) is 23.7. The average molecular weight is 326 g/mol. The lowest BCUT2D eigenvalue weighted by atomic mass is 9.75. The average Bonchev–Trinajstić information content (AvgIpc) is 2.50. The van der Waals surface area contributed by atoms with Crippen molar-refractivity contribution in [2.45, 2.75) is 85.2 Å². The molecule has 1 fully saturated rings. The fourth-order valence-corrected chi connectivity index (χ4v) is 3.37. The topological polar surface area (TPSA) is 52.6 Å². The van der Waals surface area contributed by atoms with E-state index in [9.17, 15) is 9.59 Å². The van der Waals surface area contributed by atoms with E-state index >= 15 is 0 Å². The molecule has 0 spiro atoms. The molecule has 0 aliphatic heterocycles. The van der Waals surface area contributed by atoms with Gasteiger partial charge < -0.3 is 9.47 Å². The van der Waals surface area contributed by atoms with Crippen molar-refractivity contribution in [3.8, 4) is 0 Å². The SMILES string of the molecule is CCCCCCCOC(=O)C(=O)OC1CC(C)CCC1C(C)C. The zero-order valence-corrected chi connectivity index (χ0v) is 15.3. The van der Waals surface area contributed by atoms with Gasteiger partial charge in [0.15, 0.2) is 0 Å². The third kappa shape index (κ3) is 7.36. The van der Waals surface area contributed by atoms with Crippen LogP contribution in [0.3, 0.4) is 0 Å². The molecule has 0 amide bonds. The molecule has 134 valence electrons. The maximum absolute atomic E-state index is 12.0. The van der Waals surface area contributed by atoms with Gasteiger partial charge in [0.25, 0.3) is 0 Å². The van der Waals surface area contributed by atoms with Gasteiger partial charge in [-0.05, 0) is 37.0 Å². The minimum atomic E-state index is -0.832. The van der Waals surface area contributed by atoms with Gasteiger partial charge in [0.05, 0.1) is 6.61 Å². The van der Waals surface area contributed by atoms with Gasteiger partial charge in [0.2, 0.25) is 0 Å². The summed E-state index contributed by atoms with van der Waals surface area (Å²) in [6.07, 6.45) is 8.30. The minimum Gasteiger partial charge on any atom is -0.457 e. The molecule has 0 aromatic rings. The Labute approximate surface area is 141 Å². The van der Waals surface area contributed by atoms with Crippen molar-refractivity contribution in [2.24, 2.45) is 17.8 Å². The second kappa shape index (κ2) is 10.7. The van der Waals surface area contributed by atoms with Gasteiger partial charge in [0.1, 0.15) is 6.10 Å². The van der Waals surface area contributed by atoms with Crippen molar-refractivity contribution >= 4 is 11.9 Å². The van der Waals surface area contributed by atoms with Crippen LogP contribution in [0.25, 0.3) is 0 Å². The van der Waals surface area contributed by atoms with Crippen molar-refractivity contribution in [1.82, 2.24) is 0 Å². The number of carbonyl (C=O) groups excluding carboxylic acids is 2. The Kier molecular flexibility index (Phi) is 9.27. The summed E-state index contributed by atoms with van der Waals surface area (Å²) < 4.78 is 10.5. The van der Waals surface area contributed by atoms with Crippen LogP contribution < -0.4 is 0 Å². The van der Waals surface area contributed by atoms with E-state index in [1.807, 2.05) is 0 Å². The fraction of sp³-hybridized carbons (Fsp3) is 0.895. The highest BCUT2D eigenvalue weighted by molar-refractivity contribution is 6.29. The maximum atomic E-state index is 12.0. The third-order valence-corrected chi connectivity index (χ3v) is 4.87. The second-order valence-corrected chi connectivity index (χ2v) is 7.32. The number of rotatable bonds is 8. The molecule has 0 saturated heterocycles. The van der Waals surface area contributed by atoms with E-state index in [1.54, 1.807) is 0 Å². The van der Waals surface area contributed by atoms with Crippen molar-refractivity contribution in [2.75, 3.05) is 6.61 Å². The normalized spacial score (nSPS) is 24.5. The van der Waals surface area contributed by atoms with Crippen LogP contribution >= 0.6 is 0 Å². The Hall–Kier alpha value is -1.06. The van der Waals surface area contributed by atoms with E-state index in [1.165, 1.54) is 19.3 Å². The lowest BCUT2D eigenvalue weighted by molar-refractivity contribution is -0.175. The van der Waals surface area contributed by atoms with E-state index in [2.05, 4.69) is 27.7 Å². The van der Waals surface area contributed by atoms with Gasteiger partial charge in [-0.15, -0.1) is 0 Å². The first kappa shape index (κ1) is 20.0. The van der Waals surface area contributed by atoms with Crippen LogP contribution in [0.1, 0.15) is 79.1 Å². The lowest BCUT2D eigenvalue weighted by Gasteiger charge is -2.36. The molecule has 1 aliphatic carbocycles. The van der Waals surface area contributed by atoms with Crippen molar-refractivity contribution in [3.05, 3.63) is 0 Å². The first-order chi connectivity index (χ1) is 11.0. The number of esters is 2. The molecular weight excluding hydrogens is 292 g/mol. The van der Waals surface area contributed by atoms with E-state index < -0.39 is 11.9 Å². The summed E-state index contributed by atoms with van der Waals surface area (Å²) in [7, 11) is 0. The molecule has 1 aliphatic rings. The molecule has 0 aromatic heterocycles. The summed E-state index contributed by atoms with van der Waals surface area (Å²) in [6, 6.07) is 0. The van der Waals surface area contributed by atoms with Crippen LogP contribution in [-0.2, 0) is 19.1 Å². The van der Waals surface area contributed by atoms with Crippen LogP contribution in [0, 0.1) is 17.8 Å². The van der Waals surface area contributed by atoms with E-state index in [-0.39, 0.29) is 6.10 Å². The Balaban J connectivity index is 2.33. The number of carbonyl (C=O) groups is 2. The summed E-state index contributed by atoms with van der Waals surface area (Å²) in [5, 5.41) is 0. The third-order valence-electron chi connectivity index (χ3n) is 4.87. The molecule has 23 heavy (non-hydrogen) atoms. The van der Waals surface area contributed by atoms with Crippen molar-refractivity contribution < 1.29 is 19.1 Å². The second-order valence-electron chi connectivity index (χ2n) is 7.32. The van der Waals surface area contributed by atoms with Crippen molar-refractivity contribution in [1.29, 1.82) is 0 Å². The predicted molar refractivity (Wildman–Crippen MR) is 90.9 cm³/mol. The highest BCUT2D eigenvalue weighted by Gasteiger charge is 2.35. The quantitative estimate of drug-likeness (QED) is 0.374. The largest absolute Gasteiger partial charge is 0.457 e. The van der Waals surface area contributed by atoms with E-state index in [4.69, 9.17) is 9.47 Å². The van der Waals surface area contributed by atoms with Crippen LogP contribution in [-0.4, -0.2) is 24.6 Å². The van der Waals surface area contributed by atoms with E-state index in [0.717, 1.165) is 32.1 Å². The summed E-state index contributed by atoms with van der Waals surface area (Å²) >= 11 is 0. The molecule has 4 heteroatoms. The minimum absolute atomic E-state index is 0.150. The number of hydrogen-bond acceptors (Lipinski definition) is 4. The highest BCUT2D eigenvalue weighted by atomic mass is 16.6. The number of ether oxygens (including phenoxy) is 2. The van der Waals surface area contributed by atoms with Gasteiger partial charge in [-0.3, -0.25) is 0 Å². The molecule has 1 rings (SSSR count). The van der Waals surface area contributed by atoms with Crippen LogP contribution in [0.4, 0.5) is 0 Å². The zero-order chi connectivity index (χ0) is 17.2. The number of unbranched alkanes of at least 4 members (excludes halogenated alkanes) is 4. The zero-order valence-electron chi connectivity index (χ0n) is 15.3. The monoisotopic (exact) mass is 326 g/mol. The predicted octanol–water partition coefficient (Wildman–Crippen LogP) is 4.50. The smallest absolute Gasteiger partial charge is 0.417 e. The highest BCUT2D eigenvalue weighted by Crippen LogP contribution is 2.35. The van der Waals surface area contributed by atoms with Gasteiger partial charge in [-0.25, -0.2) is 9.59 Å². The van der Waals surface area contributed by atoms with Gasteiger partial charge in [-0.1, -0.05) is 59.8 Å². The molecule has 0 aromatic carbocycles. The van der Waals surface area contributed by atoms with Gasteiger partial charge >= 0.3 is 11.9 Å². The molecule has 0 radical (unpaired) electrons. The van der Waals surface area contributed by atoms with Crippen LogP contribution in [0.2, 0.25) is 0 Å². The molecule has 1 saturated carbocycles. The molecule has 0 N–H and O–H groups in total. The van der Waals surface area contributed by atoms with Crippen molar-refractivity contribution in [3.63, 3.8) is 0 Å². The lowest BCUT2D eigenvalue weighted by Crippen LogP contribution is -2.37. The molecule has 4 nitrogen and oxygen atoms in total. The van der Waals surface area contributed by atoms with Crippen LogP contribution in [0.15, 0.2) is 0 Å². The van der Waals surface area contributed by atoms with Crippen LogP contribution in [0.5, 0.6) is 0 Å². The Bertz CT molecular complexity index is 364. The molecule has 3 unspecified atom stereocenters. The van der Waals surface area contributed by atoms with Gasteiger partial charge in [0, 0.05) is 0 Å². The summed E-state index contributed by atoms with van der Waals surface area (Å²) in [5.41, 5.74) is 0. The Morgan fingerprint density at radius 2 is 1.74 bits per heavy atom. The number of hydrogen-bond donors (Lipinski definition) is 0. The maximum Gasteiger partial charge on any atom is 0.417 e. The molecule has 0 bridgehead atoms. The summed E-state index contributed by atoms with van der Waals surface area (Å²) in [5.74, 6) is -0.311. The van der Waals surface area contributed by atoms with Gasteiger partial charge in [-0.2, -0.15) is 0 Å². The Morgan fingerprint density at radius 3 is 2.39 bits per heavy atom. The van der Waals surface area contributed by atoms with E-state index in [0.29, 0.717) is 24.4 Å². The Morgan fingerprint density at radius 1 is 1.04 bits per heavy atom. The standard InChI is InChI=1S/C19H34O4/c1-5-6-7-8-9-12-22-18(20)19(21)23-17-13-15(4)10-11-16(17)14(2)3/h14-17H,5-13H2,1-4H3. The first-order valence-corrected chi connectivity index (χ1v) is 9.33. The molecular formula is C19H34O4. The molecule has 0 heterocycles. The first-order valence-electron chi connectivity index (χ1n) is 9.33. The molecule has 3 atom stereocenters.